The van der Waals surface area contributed by atoms with E-state index in [4.69, 9.17) is 0 Å². The molecule has 0 unspecified atom stereocenters. The lowest BCUT2D eigenvalue weighted by Gasteiger charge is -2.01. The van der Waals surface area contributed by atoms with Gasteiger partial charge in [0, 0.05) is 30.1 Å². The first-order valence-electron chi connectivity index (χ1n) is 4.46. The number of alkyl halides is 1. The second kappa shape index (κ2) is 6.14. The molecule has 1 amide bonds. The normalized spacial score (nSPS) is 10.1. The number of carbonyl (C=O) groups excluding carboxylic acids is 1. The first-order valence-corrected chi connectivity index (χ1v) is 6.46. The summed E-state index contributed by atoms with van der Waals surface area (Å²) in [5.41, 5.74) is 1.06. The Morgan fingerprint density at radius 3 is 3.07 bits per heavy atom. The Labute approximate surface area is 96.1 Å². The van der Waals surface area contributed by atoms with Crippen LogP contribution in [0, 0.1) is 6.92 Å². The maximum atomic E-state index is 11.1. The van der Waals surface area contributed by atoms with Crippen molar-refractivity contribution in [3.05, 3.63) is 16.1 Å². The molecular weight excluding hydrogens is 264 g/mol. The van der Waals surface area contributed by atoms with Crippen LogP contribution in [-0.2, 0) is 11.2 Å². The van der Waals surface area contributed by atoms with E-state index in [1.54, 1.807) is 11.3 Å². The van der Waals surface area contributed by atoms with Crippen molar-refractivity contribution in [2.75, 3.05) is 11.9 Å². The Hall–Kier alpha value is -0.420. The summed E-state index contributed by atoms with van der Waals surface area (Å²) in [5.74, 6) is 0.0915. The van der Waals surface area contributed by atoms with E-state index in [0.717, 1.165) is 17.1 Å². The quantitative estimate of drug-likeness (QED) is 0.835. The molecule has 0 saturated carbocycles. The molecule has 0 aromatic carbocycles. The second-order valence-corrected chi connectivity index (χ2v) is 4.75. The maximum Gasteiger partial charge on any atom is 0.220 e. The van der Waals surface area contributed by atoms with E-state index in [1.165, 1.54) is 0 Å². The van der Waals surface area contributed by atoms with Crippen LogP contribution in [0.4, 0.5) is 0 Å². The average molecular weight is 277 g/mol. The van der Waals surface area contributed by atoms with Crippen molar-refractivity contribution in [2.24, 2.45) is 0 Å². The number of hydrogen-bond acceptors (Lipinski definition) is 3. The van der Waals surface area contributed by atoms with Gasteiger partial charge in [0.15, 0.2) is 0 Å². The minimum Gasteiger partial charge on any atom is -0.356 e. The zero-order valence-corrected chi connectivity index (χ0v) is 10.4. The van der Waals surface area contributed by atoms with Gasteiger partial charge in [-0.1, -0.05) is 15.9 Å². The molecule has 3 nitrogen and oxygen atoms in total. The van der Waals surface area contributed by atoms with E-state index in [-0.39, 0.29) is 5.91 Å². The fourth-order valence-corrected chi connectivity index (χ4v) is 2.03. The zero-order chi connectivity index (χ0) is 10.4. The van der Waals surface area contributed by atoms with Crippen LogP contribution < -0.4 is 5.32 Å². The first-order chi connectivity index (χ1) is 6.72. The SMILES string of the molecule is Cc1nc(CCNC(=O)CCBr)cs1. The smallest absolute Gasteiger partial charge is 0.220 e. The van der Waals surface area contributed by atoms with Gasteiger partial charge in [0.05, 0.1) is 10.7 Å². The third-order valence-electron chi connectivity index (χ3n) is 1.69. The molecule has 1 aromatic heterocycles. The van der Waals surface area contributed by atoms with Gasteiger partial charge in [-0.15, -0.1) is 11.3 Å². The monoisotopic (exact) mass is 276 g/mol. The van der Waals surface area contributed by atoms with Crippen LogP contribution in [0.5, 0.6) is 0 Å². The number of rotatable bonds is 5. The summed E-state index contributed by atoms with van der Waals surface area (Å²) in [4.78, 5) is 15.4. The minimum absolute atomic E-state index is 0.0915. The number of amides is 1. The number of hydrogen-bond donors (Lipinski definition) is 1. The Morgan fingerprint density at radius 2 is 2.50 bits per heavy atom. The van der Waals surface area contributed by atoms with E-state index < -0.39 is 0 Å². The molecule has 78 valence electrons. The number of carbonyl (C=O) groups is 1. The maximum absolute atomic E-state index is 11.1. The molecule has 14 heavy (non-hydrogen) atoms. The number of aromatic nitrogens is 1. The number of nitrogens with one attached hydrogen (secondary N) is 1. The molecule has 1 rings (SSSR count). The predicted octanol–water partition coefficient (Wildman–Crippen LogP) is 1.90. The van der Waals surface area contributed by atoms with Crippen LogP contribution in [0.1, 0.15) is 17.1 Å². The summed E-state index contributed by atoms with van der Waals surface area (Å²) in [7, 11) is 0. The topological polar surface area (TPSA) is 42.0 Å². The fraction of sp³-hybridized carbons (Fsp3) is 0.556. The lowest BCUT2D eigenvalue weighted by molar-refractivity contribution is -0.120. The van der Waals surface area contributed by atoms with Crippen molar-refractivity contribution in [1.82, 2.24) is 10.3 Å². The highest BCUT2D eigenvalue weighted by molar-refractivity contribution is 9.09. The molecule has 1 N–H and O–H groups in total. The fourth-order valence-electron chi connectivity index (χ4n) is 1.03. The molecule has 1 heterocycles. The average Bonchev–Trinajstić information content (AvgIpc) is 2.52. The van der Waals surface area contributed by atoms with Crippen molar-refractivity contribution in [3.8, 4) is 0 Å². The van der Waals surface area contributed by atoms with Gasteiger partial charge in [-0.3, -0.25) is 4.79 Å². The van der Waals surface area contributed by atoms with Crippen molar-refractivity contribution >= 4 is 33.2 Å². The highest BCUT2D eigenvalue weighted by atomic mass is 79.9. The van der Waals surface area contributed by atoms with Gasteiger partial charge >= 0.3 is 0 Å². The van der Waals surface area contributed by atoms with Gasteiger partial charge in [-0.2, -0.15) is 0 Å². The summed E-state index contributed by atoms with van der Waals surface area (Å²) < 4.78 is 0. The van der Waals surface area contributed by atoms with Crippen LogP contribution in [-0.4, -0.2) is 22.8 Å². The van der Waals surface area contributed by atoms with Gasteiger partial charge in [0.2, 0.25) is 5.91 Å². The molecular formula is C9H13BrN2OS. The molecule has 0 aliphatic heterocycles. The van der Waals surface area contributed by atoms with Crippen molar-refractivity contribution in [2.45, 2.75) is 19.8 Å². The summed E-state index contributed by atoms with van der Waals surface area (Å²) in [5, 5.41) is 6.66. The van der Waals surface area contributed by atoms with Crippen LogP contribution in [0.15, 0.2) is 5.38 Å². The van der Waals surface area contributed by atoms with E-state index in [2.05, 4.69) is 26.2 Å². The Morgan fingerprint density at radius 1 is 1.71 bits per heavy atom. The van der Waals surface area contributed by atoms with Crippen molar-refractivity contribution in [1.29, 1.82) is 0 Å². The van der Waals surface area contributed by atoms with Gasteiger partial charge in [0.1, 0.15) is 0 Å². The van der Waals surface area contributed by atoms with Gasteiger partial charge in [-0.25, -0.2) is 4.98 Å². The Bertz CT molecular complexity index is 301. The molecule has 0 fully saturated rings. The van der Waals surface area contributed by atoms with Crippen LogP contribution >= 0.6 is 27.3 Å². The summed E-state index contributed by atoms with van der Waals surface area (Å²) in [6, 6.07) is 0. The molecule has 0 bridgehead atoms. The number of halogens is 1. The Kier molecular flexibility index (Phi) is 5.11. The standard InChI is InChI=1S/C9H13BrN2OS/c1-7-12-8(6-14-7)3-5-11-9(13)2-4-10/h6H,2-5H2,1H3,(H,11,13). The molecule has 0 aliphatic carbocycles. The number of nitrogens with zero attached hydrogens (tertiary/aromatic N) is 1. The molecule has 0 atom stereocenters. The highest BCUT2D eigenvalue weighted by Gasteiger charge is 2.01. The molecule has 0 spiro atoms. The highest BCUT2D eigenvalue weighted by Crippen LogP contribution is 2.07. The van der Waals surface area contributed by atoms with E-state index in [1.807, 2.05) is 12.3 Å². The lowest BCUT2D eigenvalue weighted by Crippen LogP contribution is -2.25. The molecule has 0 aliphatic rings. The number of thiazole rings is 1. The van der Waals surface area contributed by atoms with Gasteiger partial charge in [-0.05, 0) is 6.92 Å². The third-order valence-corrected chi connectivity index (χ3v) is 2.91. The van der Waals surface area contributed by atoms with Gasteiger partial charge < -0.3 is 5.32 Å². The van der Waals surface area contributed by atoms with E-state index >= 15 is 0 Å². The Balaban J connectivity index is 2.18. The van der Waals surface area contributed by atoms with E-state index in [0.29, 0.717) is 18.3 Å². The van der Waals surface area contributed by atoms with Crippen LogP contribution in [0.25, 0.3) is 0 Å². The molecule has 0 radical (unpaired) electrons. The zero-order valence-electron chi connectivity index (χ0n) is 8.05. The predicted molar refractivity (Wildman–Crippen MR) is 62.0 cm³/mol. The molecule has 0 saturated heterocycles. The molecule has 1 aromatic rings. The minimum atomic E-state index is 0.0915. The van der Waals surface area contributed by atoms with Crippen LogP contribution in [0.2, 0.25) is 0 Å². The second-order valence-electron chi connectivity index (χ2n) is 2.90. The largest absolute Gasteiger partial charge is 0.356 e. The van der Waals surface area contributed by atoms with Crippen LogP contribution in [0.3, 0.4) is 0 Å². The van der Waals surface area contributed by atoms with Gasteiger partial charge in [0.25, 0.3) is 0 Å². The number of aryl methyl sites for hydroxylation is 1. The summed E-state index contributed by atoms with van der Waals surface area (Å²) in [6.45, 7) is 2.66. The first kappa shape index (κ1) is 11.7. The lowest BCUT2D eigenvalue weighted by atomic mass is 10.3. The van der Waals surface area contributed by atoms with Crippen molar-refractivity contribution in [3.63, 3.8) is 0 Å². The van der Waals surface area contributed by atoms with Crippen molar-refractivity contribution < 1.29 is 4.79 Å². The third kappa shape index (κ3) is 4.19. The summed E-state index contributed by atoms with van der Waals surface area (Å²) >= 11 is 4.86. The van der Waals surface area contributed by atoms with E-state index in [9.17, 15) is 4.79 Å². The molecule has 5 heteroatoms. The summed E-state index contributed by atoms with van der Waals surface area (Å²) in [6.07, 6.45) is 1.36.